The van der Waals surface area contributed by atoms with Crippen molar-refractivity contribution in [1.29, 1.82) is 0 Å². The Bertz CT molecular complexity index is 561. The van der Waals surface area contributed by atoms with Crippen molar-refractivity contribution in [3.63, 3.8) is 0 Å². The topological polar surface area (TPSA) is 75.3 Å². The van der Waals surface area contributed by atoms with Gasteiger partial charge in [0.15, 0.2) is 9.84 Å². The fraction of sp³-hybridized carbons (Fsp3) is 0.500. The van der Waals surface area contributed by atoms with Crippen LogP contribution in [0.1, 0.15) is 24.0 Å². The van der Waals surface area contributed by atoms with E-state index in [1.807, 2.05) is 12.1 Å². The maximum atomic E-state index is 11.8. The standard InChI is InChI=1S/C14H20N2O3S/c1-20(18,19)10-12-6-4-11(5-7-12)9-16-14(17)13-3-2-8-15-13/h4-7,13,15H,2-3,8-10H2,1H3,(H,16,17). The summed E-state index contributed by atoms with van der Waals surface area (Å²) in [6.45, 7) is 1.37. The zero-order valence-corrected chi connectivity index (χ0v) is 12.4. The van der Waals surface area contributed by atoms with Crippen LogP contribution >= 0.6 is 0 Å². The second-order valence-electron chi connectivity index (χ2n) is 5.25. The maximum absolute atomic E-state index is 11.8. The highest BCUT2D eigenvalue weighted by molar-refractivity contribution is 7.89. The van der Waals surface area contributed by atoms with Crippen molar-refractivity contribution < 1.29 is 13.2 Å². The molecular weight excluding hydrogens is 276 g/mol. The van der Waals surface area contributed by atoms with Crippen LogP contribution in [0, 0.1) is 0 Å². The van der Waals surface area contributed by atoms with E-state index < -0.39 is 9.84 Å². The highest BCUT2D eigenvalue weighted by Crippen LogP contribution is 2.09. The van der Waals surface area contributed by atoms with Crippen LogP contribution in [0.5, 0.6) is 0 Å². The number of amides is 1. The van der Waals surface area contributed by atoms with Crippen LogP contribution in [0.25, 0.3) is 0 Å². The first kappa shape index (κ1) is 15.0. The maximum Gasteiger partial charge on any atom is 0.237 e. The number of carbonyl (C=O) groups is 1. The highest BCUT2D eigenvalue weighted by Gasteiger charge is 2.21. The molecule has 1 heterocycles. The van der Waals surface area contributed by atoms with E-state index in [1.165, 1.54) is 6.26 Å². The Morgan fingerprint density at radius 1 is 1.30 bits per heavy atom. The van der Waals surface area contributed by atoms with E-state index in [1.54, 1.807) is 12.1 Å². The SMILES string of the molecule is CS(=O)(=O)Cc1ccc(CNC(=O)C2CCCN2)cc1. The zero-order valence-electron chi connectivity index (χ0n) is 11.6. The second kappa shape index (κ2) is 6.37. The largest absolute Gasteiger partial charge is 0.351 e. The Balaban J connectivity index is 1.86. The van der Waals surface area contributed by atoms with Gasteiger partial charge in [-0.2, -0.15) is 0 Å². The lowest BCUT2D eigenvalue weighted by Gasteiger charge is -2.11. The molecule has 0 aromatic heterocycles. The third kappa shape index (κ3) is 4.61. The number of benzene rings is 1. The van der Waals surface area contributed by atoms with Crippen LogP contribution in [-0.2, 0) is 26.9 Å². The van der Waals surface area contributed by atoms with Gasteiger partial charge >= 0.3 is 0 Å². The Hall–Kier alpha value is -1.40. The Labute approximate surface area is 119 Å². The molecule has 0 radical (unpaired) electrons. The molecule has 2 N–H and O–H groups in total. The van der Waals surface area contributed by atoms with Gasteiger partial charge < -0.3 is 10.6 Å². The van der Waals surface area contributed by atoms with Crippen molar-refractivity contribution >= 4 is 15.7 Å². The van der Waals surface area contributed by atoms with Crippen molar-refractivity contribution in [2.24, 2.45) is 0 Å². The number of hydrogen-bond donors (Lipinski definition) is 2. The molecule has 1 aliphatic rings. The molecule has 6 heteroatoms. The summed E-state index contributed by atoms with van der Waals surface area (Å²) in [4.78, 5) is 11.8. The first-order valence-electron chi connectivity index (χ1n) is 6.71. The molecule has 110 valence electrons. The zero-order chi connectivity index (χ0) is 14.6. The smallest absolute Gasteiger partial charge is 0.237 e. The van der Waals surface area contributed by atoms with E-state index in [9.17, 15) is 13.2 Å². The van der Waals surface area contributed by atoms with Gasteiger partial charge in [-0.15, -0.1) is 0 Å². The Morgan fingerprint density at radius 2 is 1.95 bits per heavy atom. The van der Waals surface area contributed by atoms with Gasteiger partial charge in [-0.1, -0.05) is 24.3 Å². The number of sulfone groups is 1. The minimum absolute atomic E-state index is 0.0303. The van der Waals surface area contributed by atoms with Crippen molar-refractivity contribution in [2.75, 3.05) is 12.8 Å². The molecule has 1 fully saturated rings. The molecule has 0 saturated carbocycles. The first-order valence-corrected chi connectivity index (χ1v) is 8.77. The molecule has 1 atom stereocenters. The van der Waals surface area contributed by atoms with Crippen LogP contribution in [0.3, 0.4) is 0 Å². The van der Waals surface area contributed by atoms with E-state index >= 15 is 0 Å². The minimum Gasteiger partial charge on any atom is -0.351 e. The van der Waals surface area contributed by atoms with Crippen molar-refractivity contribution in [2.45, 2.75) is 31.2 Å². The quantitative estimate of drug-likeness (QED) is 0.834. The van der Waals surface area contributed by atoms with Crippen LogP contribution in [0.2, 0.25) is 0 Å². The normalized spacial score (nSPS) is 18.9. The summed E-state index contributed by atoms with van der Waals surface area (Å²) < 4.78 is 22.4. The molecule has 0 aliphatic carbocycles. The molecule has 20 heavy (non-hydrogen) atoms. The van der Waals surface area contributed by atoms with Gasteiger partial charge in [0.05, 0.1) is 11.8 Å². The molecule has 5 nitrogen and oxygen atoms in total. The van der Waals surface area contributed by atoms with Gasteiger partial charge in [-0.25, -0.2) is 8.42 Å². The van der Waals surface area contributed by atoms with Gasteiger partial charge in [-0.05, 0) is 30.5 Å². The fourth-order valence-electron chi connectivity index (χ4n) is 2.28. The lowest BCUT2D eigenvalue weighted by Crippen LogP contribution is -2.39. The molecule has 0 spiro atoms. The summed E-state index contributed by atoms with van der Waals surface area (Å²) in [5.41, 5.74) is 1.73. The number of nitrogens with one attached hydrogen (secondary N) is 2. The van der Waals surface area contributed by atoms with Gasteiger partial charge in [0.2, 0.25) is 5.91 Å². The highest BCUT2D eigenvalue weighted by atomic mass is 32.2. The third-order valence-electron chi connectivity index (χ3n) is 3.30. The molecule has 1 aliphatic heterocycles. The summed E-state index contributed by atoms with van der Waals surface area (Å²) in [7, 11) is -3.00. The monoisotopic (exact) mass is 296 g/mol. The summed E-state index contributed by atoms with van der Waals surface area (Å²) in [5, 5.41) is 6.04. The van der Waals surface area contributed by atoms with Gasteiger partial charge in [0.25, 0.3) is 0 Å². The van der Waals surface area contributed by atoms with E-state index in [0.717, 1.165) is 30.5 Å². The summed E-state index contributed by atoms with van der Waals surface area (Å²) in [6.07, 6.45) is 3.15. The van der Waals surface area contributed by atoms with Crippen molar-refractivity contribution in [3.8, 4) is 0 Å². The van der Waals surface area contributed by atoms with Crippen molar-refractivity contribution in [3.05, 3.63) is 35.4 Å². The van der Waals surface area contributed by atoms with Gasteiger partial charge in [0, 0.05) is 12.8 Å². The third-order valence-corrected chi connectivity index (χ3v) is 4.15. The molecule has 1 unspecified atom stereocenters. The molecule has 0 bridgehead atoms. The molecule has 2 rings (SSSR count). The molecule has 1 aromatic rings. The predicted octanol–water partition coefficient (Wildman–Crippen LogP) is 0.599. The van der Waals surface area contributed by atoms with E-state index in [4.69, 9.17) is 0 Å². The van der Waals surface area contributed by atoms with Crippen LogP contribution < -0.4 is 10.6 Å². The fourth-order valence-corrected chi connectivity index (χ4v) is 3.07. The second-order valence-corrected chi connectivity index (χ2v) is 7.39. The van der Waals surface area contributed by atoms with E-state index in [-0.39, 0.29) is 17.7 Å². The van der Waals surface area contributed by atoms with Crippen LogP contribution in [0.15, 0.2) is 24.3 Å². The van der Waals surface area contributed by atoms with Crippen LogP contribution in [0.4, 0.5) is 0 Å². The Kier molecular flexibility index (Phi) is 4.77. The number of hydrogen-bond acceptors (Lipinski definition) is 4. The minimum atomic E-state index is -3.00. The van der Waals surface area contributed by atoms with Crippen LogP contribution in [-0.4, -0.2) is 33.2 Å². The number of rotatable bonds is 5. The molecule has 1 amide bonds. The predicted molar refractivity (Wildman–Crippen MR) is 77.9 cm³/mol. The Morgan fingerprint density at radius 3 is 2.50 bits per heavy atom. The van der Waals surface area contributed by atoms with E-state index in [0.29, 0.717) is 6.54 Å². The average molecular weight is 296 g/mol. The molecule has 1 aromatic carbocycles. The lowest BCUT2D eigenvalue weighted by molar-refractivity contribution is -0.122. The van der Waals surface area contributed by atoms with Crippen molar-refractivity contribution in [1.82, 2.24) is 10.6 Å². The molecular formula is C14H20N2O3S. The first-order chi connectivity index (χ1) is 9.44. The average Bonchev–Trinajstić information content (AvgIpc) is 2.89. The van der Waals surface area contributed by atoms with E-state index in [2.05, 4.69) is 10.6 Å². The van der Waals surface area contributed by atoms with Gasteiger partial charge in [0.1, 0.15) is 0 Å². The summed E-state index contributed by atoms with van der Waals surface area (Å²) in [6, 6.07) is 7.21. The van der Waals surface area contributed by atoms with Gasteiger partial charge in [-0.3, -0.25) is 4.79 Å². The molecule has 1 saturated heterocycles. The number of carbonyl (C=O) groups excluding carboxylic acids is 1. The lowest BCUT2D eigenvalue weighted by atomic mass is 10.1. The summed E-state index contributed by atoms with van der Waals surface area (Å²) >= 11 is 0. The summed E-state index contributed by atoms with van der Waals surface area (Å²) in [5.74, 6) is 0.0775.